The van der Waals surface area contributed by atoms with Gasteiger partial charge in [-0.1, -0.05) is 35.3 Å². The van der Waals surface area contributed by atoms with Crippen molar-refractivity contribution in [2.24, 2.45) is 0 Å². The van der Waals surface area contributed by atoms with Crippen LogP contribution in [-0.2, 0) is 10.3 Å². The summed E-state index contributed by atoms with van der Waals surface area (Å²) in [6.45, 7) is 5.85. The second-order valence-corrected chi connectivity index (χ2v) is 11.8. The zero-order chi connectivity index (χ0) is 28.8. The smallest absolute Gasteiger partial charge is 0.280 e. The molecule has 11 heteroatoms. The molecule has 9 nitrogen and oxygen atoms in total. The molecule has 1 aliphatic carbocycles. The first-order valence-corrected chi connectivity index (χ1v) is 14.2. The number of aromatic nitrogens is 4. The van der Waals surface area contributed by atoms with Crippen LogP contribution in [0.4, 0.5) is 11.4 Å². The molecule has 4 heterocycles. The van der Waals surface area contributed by atoms with Gasteiger partial charge in [0.1, 0.15) is 11.6 Å². The summed E-state index contributed by atoms with van der Waals surface area (Å²) < 4.78 is 7.62. The summed E-state index contributed by atoms with van der Waals surface area (Å²) >= 11 is 12.8. The molecule has 4 aromatic rings. The van der Waals surface area contributed by atoms with Gasteiger partial charge in [0, 0.05) is 39.5 Å². The van der Waals surface area contributed by atoms with E-state index in [0.717, 1.165) is 24.2 Å². The van der Waals surface area contributed by atoms with Crippen molar-refractivity contribution in [3.63, 3.8) is 0 Å². The molecule has 1 fully saturated rings. The van der Waals surface area contributed by atoms with Gasteiger partial charge in [-0.2, -0.15) is 4.98 Å². The monoisotopic (exact) mass is 588 g/mol. The van der Waals surface area contributed by atoms with E-state index in [0.29, 0.717) is 55.9 Å². The maximum Gasteiger partial charge on any atom is 0.280 e. The van der Waals surface area contributed by atoms with Crippen LogP contribution in [0.5, 0.6) is 5.88 Å². The largest absolute Gasteiger partial charge is 0.480 e. The van der Waals surface area contributed by atoms with Crippen molar-refractivity contribution >= 4 is 46.4 Å². The summed E-state index contributed by atoms with van der Waals surface area (Å²) in [4.78, 5) is 44.6. The minimum atomic E-state index is -1.57. The minimum Gasteiger partial charge on any atom is -0.480 e. The van der Waals surface area contributed by atoms with Crippen molar-refractivity contribution in [3.8, 4) is 17.3 Å². The Labute approximate surface area is 246 Å². The number of rotatable bonds is 5. The van der Waals surface area contributed by atoms with E-state index in [1.807, 2.05) is 31.4 Å². The molecule has 0 bridgehead atoms. The van der Waals surface area contributed by atoms with Crippen LogP contribution < -0.4 is 15.0 Å². The van der Waals surface area contributed by atoms with Crippen LogP contribution in [0.3, 0.4) is 0 Å². The number of fused-ring (bicyclic) bond motifs is 4. The highest BCUT2D eigenvalue weighted by atomic mass is 35.5. The molecule has 0 radical (unpaired) electrons. The van der Waals surface area contributed by atoms with E-state index in [9.17, 15) is 9.59 Å². The average molecular weight is 589 g/mol. The Balaban J connectivity index is 1.55. The van der Waals surface area contributed by atoms with Gasteiger partial charge in [0.05, 0.1) is 24.1 Å². The number of hydrogen-bond acceptors (Lipinski definition) is 6. The fourth-order valence-corrected chi connectivity index (χ4v) is 6.39. The van der Waals surface area contributed by atoms with Gasteiger partial charge in [0.15, 0.2) is 11.2 Å². The Kier molecular flexibility index (Phi) is 5.72. The second-order valence-electron chi connectivity index (χ2n) is 10.9. The Bertz CT molecular complexity index is 1800. The minimum absolute atomic E-state index is 0.166. The van der Waals surface area contributed by atoms with E-state index >= 15 is 0 Å². The van der Waals surface area contributed by atoms with Crippen LogP contribution in [0.15, 0.2) is 42.6 Å². The number of benzene rings is 2. The standard InChI is InChI=1S/C30H26Cl2N6O3/c1-14(2)37-24-23(35-26(37)19-13-33-25(16-6-7-16)36-27(19)41-4)28(39)38(22-12-18(32)8-5-15(22)3)30(24)20-10-9-17(31)11-21(20)34-29(30)40/h5,8-14,16H,6-7H2,1-4H3,(H,34,40). The van der Waals surface area contributed by atoms with E-state index in [-0.39, 0.29) is 17.6 Å². The van der Waals surface area contributed by atoms with Crippen molar-refractivity contribution in [3.05, 3.63) is 81.0 Å². The molecular formula is C30H26Cl2N6O3. The van der Waals surface area contributed by atoms with Gasteiger partial charge < -0.3 is 14.6 Å². The third kappa shape index (κ3) is 3.58. The van der Waals surface area contributed by atoms with Crippen LogP contribution in [0.2, 0.25) is 10.0 Å². The highest BCUT2D eigenvalue weighted by Crippen LogP contribution is 2.55. The molecule has 2 aromatic carbocycles. The number of anilines is 2. The predicted octanol–water partition coefficient (Wildman–Crippen LogP) is 6.28. The Hall–Kier alpha value is -3.95. The van der Waals surface area contributed by atoms with E-state index in [2.05, 4.69) is 15.3 Å². The van der Waals surface area contributed by atoms with Gasteiger partial charge >= 0.3 is 0 Å². The number of nitrogens with one attached hydrogen (secondary N) is 1. The molecule has 0 saturated heterocycles. The van der Waals surface area contributed by atoms with Gasteiger partial charge in [-0.3, -0.25) is 14.5 Å². The summed E-state index contributed by atoms with van der Waals surface area (Å²) in [6, 6.07) is 10.3. The van der Waals surface area contributed by atoms with Crippen molar-refractivity contribution in [2.45, 2.75) is 51.1 Å². The number of ether oxygens (including phenoxy) is 1. The first-order valence-electron chi connectivity index (χ1n) is 13.4. The second kappa shape index (κ2) is 9.03. The zero-order valence-corrected chi connectivity index (χ0v) is 24.3. The molecule has 41 heavy (non-hydrogen) atoms. The highest BCUT2D eigenvalue weighted by molar-refractivity contribution is 6.32. The van der Waals surface area contributed by atoms with Crippen molar-refractivity contribution < 1.29 is 14.3 Å². The van der Waals surface area contributed by atoms with Crippen LogP contribution in [0.1, 0.15) is 71.8 Å². The molecule has 2 aliphatic heterocycles. The number of halogens is 2. The lowest BCUT2D eigenvalue weighted by atomic mass is 9.86. The Morgan fingerprint density at radius 3 is 2.51 bits per heavy atom. The van der Waals surface area contributed by atoms with E-state index in [1.54, 1.807) is 43.6 Å². The number of amides is 2. The Morgan fingerprint density at radius 2 is 1.80 bits per heavy atom. The van der Waals surface area contributed by atoms with Crippen LogP contribution in [0.25, 0.3) is 11.4 Å². The lowest BCUT2D eigenvalue weighted by molar-refractivity contribution is -0.119. The molecule has 1 N–H and O–H groups in total. The SMILES string of the molecule is COc1nc(C2CC2)ncc1-c1nc2c(n1C(C)C)C1(C(=O)Nc3cc(Cl)ccc31)N(c1cc(Cl)ccc1C)C2=O. The molecule has 1 saturated carbocycles. The zero-order valence-electron chi connectivity index (χ0n) is 22.8. The summed E-state index contributed by atoms with van der Waals surface area (Å²) in [5, 5.41) is 3.90. The van der Waals surface area contributed by atoms with Crippen LogP contribution in [0, 0.1) is 6.92 Å². The summed E-state index contributed by atoms with van der Waals surface area (Å²) in [5.74, 6) is 1.09. The van der Waals surface area contributed by atoms with Gasteiger partial charge in [0.25, 0.3) is 11.8 Å². The lowest BCUT2D eigenvalue weighted by Crippen LogP contribution is -2.51. The number of imidazole rings is 1. The number of carbonyl (C=O) groups is 2. The average Bonchev–Trinajstić information content (AvgIpc) is 3.59. The maximum atomic E-state index is 14.5. The van der Waals surface area contributed by atoms with Crippen molar-refractivity contribution in [1.82, 2.24) is 19.5 Å². The first kappa shape index (κ1) is 26.0. The fraction of sp³-hybridized carbons (Fsp3) is 0.300. The molecule has 7 rings (SSSR count). The van der Waals surface area contributed by atoms with Crippen LogP contribution >= 0.6 is 23.2 Å². The summed E-state index contributed by atoms with van der Waals surface area (Å²) in [5.41, 5.74) is 2.02. The number of hydrogen-bond donors (Lipinski definition) is 1. The normalized spacial score (nSPS) is 19.2. The highest BCUT2D eigenvalue weighted by Gasteiger charge is 2.64. The van der Waals surface area contributed by atoms with Gasteiger partial charge in [-0.25, -0.2) is 9.97 Å². The molecule has 2 aromatic heterocycles. The molecular weight excluding hydrogens is 563 g/mol. The van der Waals surface area contributed by atoms with Crippen LogP contribution in [-0.4, -0.2) is 38.4 Å². The number of methoxy groups -OCH3 is 1. The maximum absolute atomic E-state index is 14.5. The quantitative estimate of drug-likeness (QED) is 0.294. The van der Waals surface area contributed by atoms with E-state index in [4.69, 9.17) is 32.9 Å². The lowest BCUT2D eigenvalue weighted by Gasteiger charge is -2.36. The Morgan fingerprint density at radius 1 is 1.07 bits per heavy atom. The fourth-order valence-electron chi connectivity index (χ4n) is 6.05. The van der Waals surface area contributed by atoms with Gasteiger partial charge in [0.2, 0.25) is 5.88 Å². The third-order valence-corrected chi connectivity index (χ3v) is 8.49. The summed E-state index contributed by atoms with van der Waals surface area (Å²) in [6.07, 6.45) is 3.80. The van der Waals surface area contributed by atoms with E-state index < -0.39 is 11.4 Å². The molecule has 1 unspecified atom stereocenters. The molecule has 1 atom stereocenters. The van der Waals surface area contributed by atoms with E-state index in [1.165, 1.54) is 4.90 Å². The third-order valence-electron chi connectivity index (χ3n) is 8.02. The summed E-state index contributed by atoms with van der Waals surface area (Å²) in [7, 11) is 1.56. The molecule has 1 spiro atoms. The molecule has 2 amide bonds. The van der Waals surface area contributed by atoms with Gasteiger partial charge in [-0.15, -0.1) is 0 Å². The molecule has 3 aliphatic rings. The van der Waals surface area contributed by atoms with Crippen molar-refractivity contribution in [2.75, 3.05) is 17.3 Å². The molecule has 208 valence electrons. The number of carbonyl (C=O) groups excluding carboxylic acids is 2. The number of nitrogens with zero attached hydrogens (tertiary/aromatic N) is 5. The van der Waals surface area contributed by atoms with Gasteiger partial charge in [-0.05, 0) is 63.4 Å². The first-order chi connectivity index (χ1) is 19.7. The van der Waals surface area contributed by atoms with Crippen molar-refractivity contribution in [1.29, 1.82) is 0 Å². The predicted molar refractivity (Wildman–Crippen MR) is 156 cm³/mol. The topological polar surface area (TPSA) is 102 Å². The number of aryl methyl sites for hydroxylation is 1.